The van der Waals surface area contributed by atoms with Gasteiger partial charge in [0.15, 0.2) is 5.82 Å². The molecule has 0 amide bonds. The van der Waals surface area contributed by atoms with Gasteiger partial charge in [0.25, 0.3) is 0 Å². The van der Waals surface area contributed by atoms with E-state index in [0.29, 0.717) is 18.3 Å². The first-order chi connectivity index (χ1) is 9.20. The molecule has 0 aromatic carbocycles. The summed E-state index contributed by atoms with van der Waals surface area (Å²) in [6.07, 6.45) is 7.58. The number of nitrogens with one attached hydrogen (secondary N) is 1. The van der Waals surface area contributed by atoms with Crippen molar-refractivity contribution in [2.24, 2.45) is 5.84 Å². The highest BCUT2D eigenvalue weighted by Crippen LogP contribution is 2.29. The Hall–Kier alpha value is -1.36. The van der Waals surface area contributed by atoms with Crippen molar-refractivity contribution in [2.75, 3.05) is 12.0 Å². The van der Waals surface area contributed by atoms with Crippen LogP contribution < -0.4 is 16.0 Å². The van der Waals surface area contributed by atoms with E-state index < -0.39 is 0 Å². The van der Waals surface area contributed by atoms with Crippen LogP contribution in [-0.4, -0.2) is 16.6 Å². The quantitative estimate of drug-likeness (QED) is 0.408. The topological polar surface area (TPSA) is 73.1 Å². The summed E-state index contributed by atoms with van der Waals surface area (Å²) in [6, 6.07) is 0. The van der Waals surface area contributed by atoms with Crippen molar-refractivity contribution in [1.82, 2.24) is 9.97 Å². The van der Waals surface area contributed by atoms with E-state index >= 15 is 0 Å². The van der Waals surface area contributed by atoms with Crippen molar-refractivity contribution in [3.8, 4) is 5.88 Å². The number of nitrogens with two attached hydrogens (primary N) is 1. The summed E-state index contributed by atoms with van der Waals surface area (Å²) in [4.78, 5) is 8.33. The number of rotatable bonds is 9. The van der Waals surface area contributed by atoms with Crippen LogP contribution in [0.1, 0.15) is 64.4 Å². The fraction of sp³-hybridized carbons (Fsp3) is 0.714. The van der Waals surface area contributed by atoms with Gasteiger partial charge in [0.2, 0.25) is 5.88 Å². The number of anilines is 1. The molecule has 5 heteroatoms. The predicted molar refractivity (Wildman–Crippen MR) is 78.2 cm³/mol. The second-order valence-electron chi connectivity index (χ2n) is 5.00. The molecule has 1 aromatic rings. The van der Waals surface area contributed by atoms with E-state index in [-0.39, 0.29) is 5.92 Å². The van der Waals surface area contributed by atoms with Gasteiger partial charge < -0.3 is 10.2 Å². The van der Waals surface area contributed by atoms with Gasteiger partial charge in [-0.1, -0.05) is 46.5 Å². The summed E-state index contributed by atoms with van der Waals surface area (Å²) < 4.78 is 5.77. The molecule has 0 spiro atoms. The third kappa shape index (κ3) is 5.03. The van der Waals surface area contributed by atoms with Crippen LogP contribution in [0.2, 0.25) is 0 Å². The molecule has 0 aliphatic carbocycles. The van der Waals surface area contributed by atoms with E-state index in [9.17, 15) is 0 Å². The number of nitrogens with zero attached hydrogens (tertiary/aromatic N) is 2. The summed E-state index contributed by atoms with van der Waals surface area (Å²) in [5, 5.41) is 0. The number of unbranched alkanes of at least 4 members (excludes halogenated alkanes) is 4. The van der Waals surface area contributed by atoms with Gasteiger partial charge in [-0.3, -0.25) is 0 Å². The molecule has 1 aromatic heterocycles. The third-order valence-electron chi connectivity index (χ3n) is 3.05. The van der Waals surface area contributed by atoms with E-state index in [1.54, 1.807) is 0 Å². The second-order valence-corrected chi connectivity index (χ2v) is 5.00. The molecule has 1 rings (SSSR count). The standard InChI is InChI=1S/C14H26N4O/c1-4-5-6-7-8-9-19-14-12(11(2)3)13(18-15)16-10-17-14/h10-11H,4-9,15H2,1-3H3,(H,16,17,18). The van der Waals surface area contributed by atoms with Crippen LogP contribution in [-0.2, 0) is 0 Å². The third-order valence-corrected chi connectivity index (χ3v) is 3.05. The van der Waals surface area contributed by atoms with E-state index in [4.69, 9.17) is 10.6 Å². The average molecular weight is 266 g/mol. The lowest BCUT2D eigenvalue weighted by molar-refractivity contribution is 0.288. The molecule has 0 bridgehead atoms. The molecule has 0 atom stereocenters. The van der Waals surface area contributed by atoms with E-state index in [1.807, 2.05) is 0 Å². The van der Waals surface area contributed by atoms with Crippen LogP contribution in [0.4, 0.5) is 5.82 Å². The number of hydrogen-bond acceptors (Lipinski definition) is 5. The van der Waals surface area contributed by atoms with Crippen LogP contribution in [0.5, 0.6) is 5.88 Å². The molecule has 1 heterocycles. The highest BCUT2D eigenvalue weighted by atomic mass is 16.5. The molecule has 0 radical (unpaired) electrons. The Bertz CT molecular complexity index is 368. The largest absolute Gasteiger partial charge is 0.477 e. The Morgan fingerprint density at radius 1 is 1.21 bits per heavy atom. The van der Waals surface area contributed by atoms with Gasteiger partial charge >= 0.3 is 0 Å². The molecule has 5 nitrogen and oxygen atoms in total. The Balaban J connectivity index is 2.53. The Morgan fingerprint density at radius 3 is 2.58 bits per heavy atom. The van der Waals surface area contributed by atoms with Gasteiger partial charge in [-0.15, -0.1) is 0 Å². The van der Waals surface area contributed by atoms with Crippen LogP contribution >= 0.6 is 0 Å². The molecule has 0 saturated carbocycles. The Kier molecular flexibility index (Phi) is 7.18. The number of hydrogen-bond donors (Lipinski definition) is 2. The molecule has 19 heavy (non-hydrogen) atoms. The Labute approximate surface area is 115 Å². The van der Waals surface area contributed by atoms with Crippen molar-refractivity contribution in [3.63, 3.8) is 0 Å². The highest BCUT2D eigenvalue weighted by molar-refractivity contribution is 5.49. The van der Waals surface area contributed by atoms with Gasteiger partial charge in [0.05, 0.1) is 12.2 Å². The minimum atomic E-state index is 0.266. The Morgan fingerprint density at radius 2 is 1.95 bits per heavy atom. The molecule has 0 fully saturated rings. The molecule has 0 aliphatic heterocycles. The van der Waals surface area contributed by atoms with E-state index in [0.717, 1.165) is 12.0 Å². The highest BCUT2D eigenvalue weighted by Gasteiger charge is 2.15. The molecular weight excluding hydrogens is 240 g/mol. The lowest BCUT2D eigenvalue weighted by atomic mass is 10.1. The first-order valence-electron chi connectivity index (χ1n) is 7.15. The number of ether oxygens (including phenoxy) is 1. The zero-order chi connectivity index (χ0) is 14.1. The first kappa shape index (κ1) is 15.7. The zero-order valence-corrected chi connectivity index (χ0v) is 12.3. The molecular formula is C14H26N4O. The van der Waals surface area contributed by atoms with Gasteiger partial charge in [-0.05, 0) is 12.3 Å². The fourth-order valence-electron chi connectivity index (χ4n) is 2.00. The van der Waals surface area contributed by atoms with Gasteiger partial charge in [-0.25, -0.2) is 15.8 Å². The smallest absolute Gasteiger partial charge is 0.222 e. The van der Waals surface area contributed by atoms with Crippen LogP contribution in [0.15, 0.2) is 6.33 Å². The minimum absolute atomic E-state index is 0.266. The normalized spacial score (nSPS) is 10.8. The van der Waals surface area contributed by atoms with Crippen LogP contribution in [0, 0.1) is 0 Å². The van der Waals surface area contributed by atoms with Crippen molar-refractivity contribution in [1.29, 1.82) is 0 Å². The van der Waals surface area contributed by atoms with Crippen molar-refractivity contribution >= 4 is 5.82 Å². The van der Waals surface area contributed by atoms with Gasteiger partial charge in [-0.2, -0.15) is 0 Å². The van der Waals surface area contributed by atoms with E-state index in [1.165, 1.54) is 32.0 Å². The molecule has 3 N–H and O–H groups in total. The fourth-order valence-corrected chi connectivity index (χ4v) is 2.00. The molecule has 0 saturated heterocycles. The van der Waals surface area contributed by atoms with Crippen LogP contribution in [0.25, 0.3) is 0 Å². The molecule has 0 aliphatic rings. The monoisotopic (exact) mass is 266 g/mol. The maximum absolute atomic E-state index is 5.77. The van der Waals surface area contributed by atoms with Crippen molar-refractivity contribution in [2.45, 2.75) is 58.8 Å². The van der Waals surface area contributed by atoms with Gasteiger partial charge in [0, 0.05) is 0 Å². The maximum atomic E-state index is 5.77. The summed E-state index contributed by atoms with van der Waals surface area (Å²) in [6.45, 7) is 7.07. The lowest BCUT2D eigenvalue weighted by Gasteiger charge is -2.15. The number of aromatic nitrogens is 2. The van der Waals surface area contributed by atoms with Crippen molar-refractivity contribution < 1.29 is 4.74 Å². The van der Waals surface area contributed by atoms with Gasteiger partial charge in [0.1, 0.15) is 6.33 Å². The predicted octanol–water partition coefficient (Wildman–Crippen LogP) is 3.23. The average Bonchev–Trinajstić information content (AvgIpc) is 2.42. The van der Waals surface area contributed by atoms with E-state index in [2.05, 4.69) is 36.2 Å². The van der Waals surface area contributed by atoms with Crippen LogP contribution in [0.3, 0.4) is 0 Å². The first-order valence-corrected chi connectivity index (χ1v) is 7.15. The summed E-state index contributed by atoms with van der Waals surface area (Å²) in [7, 11) is 0. The van der Waals surface area contributed by atoms with Crippen molar-refractivity contribution in [3.05, 3.63) is 11.9 Å². The lowest BCUT2D eigenvalue weighted by Crippen LogP contribution is -2.14. The second kappa shape index (κ2) is 8.69. The zero-order valence-electron chi connectivity index (χ0n) is 12.3. The SMILES string of the molecule is CCCCCCCOc1ncnc(NN)c1C(C)C. The number of nitrogen functional groups attached to an aromatic ring is 1. The minimum Gasteiger partial charge on any atom is -0.477 e. The number of hydrazine groups is 1. The summed E-state index contributed by atoms with van der Waals surface area (Å²) >= 11 is 0. The molecule has 108 valence electrons. The summed E-state index contributed by atoms with van der Waals surface area (Å²) in [5.74, 6) is 7.03. The summed E-state index contributed by atoms with van der Waals surface area (Å²) in [5.41, 5.74) is 3.55. The maximum Gasteiger partial charge on any atom is 0.222 e. The molecule has 0 unspecified atom stereocenters.